The molecule has 0 atom stereocenters. The second-order valence-corrected chi connectivity index (χ2v) is 6.43. The fourth-order valence-corrected chi connectivity index (χ4v) is 3.09. The van der Waals surface area contributed by atoms with Gasteiger partial charge in [-0.15, -0.1) is 0 Å². The topological polar surface area (TPSA) is 104 Å². The van der Waals surface area contributed by atoms with E-state index in [1.165, 1.54) is 11.5 Å². The Morgan fingerprint density at radius 3 is 3.00 bits per heavy atom. The zero-order valence-electron chi connectivity index (χ0n) is 13.9. The molecule has 9 heteroatoms. The molecule has 0 aliphatic heterocycles. The number of hydrogen-bond donors (Lipinski definition) is 2. The van der Waals surface area contributed by atoms with Crippen LogP contribution < -0.4 is 5.32 Å². The molecule has 2 N–H and O–H groups in total. The van der Waals surface area contributed by atoms with Gasteiger partial charge in [-0.2, -0.15) is 9.47 Å². The average molecular weight is 358 g/mol. The molecule has 2 amide bonds. The summed E-state index contributed by atoms with van der Waals surface area (Å²) in [5, 5.41) is 10.2. The lowest BCUT2D eigenvalue weighted by molar-refractivity contribution is -0.120. The van der Waals surface area contributed by atoms with Crippen LogP contribution in [0.4, 0.5) is 0 Å². The lowest BCUT2D eigenvalue weighted by atomic mass is 10.2. The maximum Gasteiger partial charge on any atom is 0.255 e. The zero-order valence-corrected chi connectivity index (χ0v) is 14.8. The van der Waals surface area contributed by atoms with E-state index < -0.39 is 0 Å². The van der Waals surface area contributed by atoms with Crippen LogP contribution in [0.5, 0.6) is 0 Å². The number of fused-ring (bicyclic) bond motifs is 1. The Balaban J connectivity index is 1.53. The van der Waals surface area contributed by atoms with Gasteiger partial charge in [0, 0.05) is 43.6 Å². The Bertz CT molecular complexity index is 889. The van der Waals surface area contributed by atoms with E-state index >= 15 is 0 Å². The quantitative estimate of drug-likeness (QED) is 0.688. The molecule has 3 rings (SSSR count). The summed E-state index contributed by atoms with van der Waals surface area (Å²) in [4.78, 5) is 31.0. The summed E-state index contributed by atoms with van der Waals surface area (Å²) in [5.41, 5.74) is 2.14. The Morgan fingerprint density at radius 1 is 1.40 bits per heavy atom. The predicted molar refractivity (Wildman–Crippen MR) is 94.4 cm³/mol. The van der Waals surface area contributed by atoms with Gasteiger partial charge in [0.1, 0.15) is 4.83 Å². The van der Waals surface area contributed by atoms with Crippen molar-refractivity contribution in [3.63, 3.8) is 0 Å². The van der Waals surface area contributed by atoms with Crippen LogP contribution in [0, 0.1) is 6.92 Å². The number of aromatic nitrogens is 4. The standard InChI is InChI=1S/C16H18N6O2S/c1-10-13-7-11(9-18-15(13)25-21-10)16(24)22(2)6-5-17-14(23)8-12-3-4-19-20-12/h3-4,7,9H,5-6,8H2,1-2H3,(H,17,23)(H,19,20). The molecule has 0 fully saturated rings. The maximum absolute atomic E-state index is 12.5. The largest absolute Gasteiger partial charge is 0.354 e. The van der Waals surface area contributed by atoms with Crippen molar-refractivity contribution in [2.24, 2.45) is 0 Å². The van der Waals surface area contributed by atoms with Crippen molar-refractivity contribution in [1.29, 1.82) is 0 Å². The van der Waals surface area contributed by atoms with Crippen molar-refractivity contribution in [3.8, 4) is 0 Å². The SMILES string of the molecule is Cc1nsc2ncc(C(=O)N(C)CCNC(=O)Cc3ccn[nH]3)cc12. The minimum Gasteiger partial charge on any atom is -0.354 e. The van der Waals surface area contributed by atoms with Crippen LogP contribution in [-0.2, 0) is 11.2 Å². The maximum atomic E-state index is 12.5. The minimum atomic E-state index is -0.136. The van der Waals surface area contributed by atoms with Crippen molar-refractivity contribution >= 4 is 33.6 Å². The Hall–Kier alpha value is -2.81. The van der Waals surface area contributed by atoms with Crippen molar-refractivity contribution in [2.45, 2.75) is 13.3 Å². The van der Waals surface area contributed by atoms with Crippen molar-refractivity contribution < 1.29 is 9.59 Å². The number of hydrogen-bond acceptors (Lipinski definition) is 6. The van der Waals surface area contributed by atoms with Gasteiger partial charge in [0.25, 0.3) is 5.91 Å². The van der Waals surface area contributed by atoms with Crippen LogP contribution in [-0.4, -0.2) is 56.4 Å². The van der Waals surface area contributed by atoms with Crippen LogP contribution in [0.15, 0.2) is 24.5 Å². The predicted octanol–water partition coefficient (Wildman–Crippen LogP) is 1.15. The Kier molecular flexibility index (Phi) is 5.03. The zero-order chi connectivity index (χ0) is 17.8. The molecule has 0 aliphatic rings. The van der Waals surface area contributed by atoms with Gasteiger partial charge in [0.2, 0.25) is 5.91 Å². The third-order valence-electron chi connectivity index (χ3n) is 3.78. The number of carbonyl (C=O) groups is 2. The van der Waals surface area contributed by atoms with E-state index in [1.54, 1.807) is 30.4 Å². The van der Waals surface area contributed by atoms with Gasteiger partial charge in [0.05, 0.1) is 17.7 Å². The van der Waals surface area contributed by atoms with E-state index in [2.05, 4.69) is 24.9 Å². The van der Waals surface area contributed by atoms with Crippen LogP contribution in [0.2, 0.25) is 0 Å². The van der Waals surface area contributed by atoms with Gasteiger partial charge in [-0.3, -0.25) is 14.7 Å². The number of likely N-dealkylation sites (N-methyl/N-ethyl adjacent to an activating group) is 1. The summed E-state index contributed by atoms with van der Waals surface area (Å²) < 4.78 is 4.24. The molecule has 0 aliphatic carbocycles. The molecule has 8 nitrogen and oxygen atoms in total. The van der Waals surface area contributed by atoms with Crippen LogP contribution >= 0.6 is 11.5 Å². The summed E-state index contributed by atoms with van der Waals surface area (Å²) in [7, 11) is 1.70. The molecule has 25 heavy (non-hydrogen) atoms. The Labute approximate surface area is 148 Å². The number of amides is 2. The van der Waals surface area contributed by atoms with Gasteiger partial charge >= 0.3 is 0 Å². The van der Waals surface area contributed by atoms with Crippen LogP contribution in [0.3, 0.4) is 0 Å². The molecule has 0 radical (unpaired) electrons. The lowest BCUT2D eigenvalue weighted by Crippen LogP contribution is -2.36. The molecule has 0 spiro atoms. The molecule has 0 saturated carbocycles. The summed E-state index contributed by atoms with van der Waals surface area (Å²) >= 11 is 1.32. The number of nitrogens with one attached hydrogen (secondary N) is 2. The molecule has 0 aromatic carbocycles. The highest BCUT2D eigenvalue weighted by Gasteiger charge is 2.14. The number of aromatic amines is 1. The molecule has 3 aromatic rings. The summed E-state index contributed by atoms with van der Waals surface area (Å²) in [6, 6.07) is 3.57. The molecule has 0 bridgehead atoms. The first-order valence-corrected chi connectivity index (χ1v) is 8.54. The molecular formula is C16H18N6O2S. The minimum absolute atomic E-state index is 0.117. The first kappa shape index (κ1) is 17.0. The average Bonchev–Trinajstić information content (AvgIpc) is 3.24. The highest BCUT2D eigenvalue weighted by Crippen LogP contribution is 2.21. The normalized spacial score (nSPS) is 10.8. The molecule has 3 heterocycles. The van der Waals surface area contributed by atoms with Crippen LogP contribution in [0.1, 0.15) is 21.7 Å². The third kappa shape index (κ3) is 4.00. The monoisotopic (exact) mass is 358 g/mol. The van der Waals surface area contributed by atoms with Gasteiger partial charge < -0.3 is 10.2 Å². The van der Waals surface area contributed by atoms with Crippen molar-refractivity contribution in [2.75, 3.05) is 20.1 Å². The summed E-state index contributed by atoms with van der Waals surface area (Å²) in [6.07, 6.45) is 3.41. The van der Waals surface area contributed by atoms with Gasteiger partial charge in [-0.25, -0.2) is 4.98 Å². The van der Waals surface area contributed by atoms with E-state index in [1.807, 2.05) is 13.0 Å². The van der Waals surface area contributed by atoms with Gasteiger partial charge in [-0.1, -0.05) is 0 Å². The fraction of sp³-hybridized carbons (Fsp3) is 0.312. The summed E-state index contributed by atoms with van der Waals surface area (Å²) in [6.45, 7) is 2.68. The van der Waals surface area contributed by atoms with E-state index in [-0.39, 0.29) is 18.2 Å². The van der Waals surface area contributed by atoms with E-state index in [9.17, 15) is 9.59 Å². The second-order valence-electron chi connectivity index (χ2n) is 5.68. The number of aryl methyl sites for hydroxylation is 1. The highest BCUT2D eigenvalue weighted by atomic mass is 32.1. The fourth-order valence-electron chi connectivity index (χ4n) is 2.37. The second kappa shape index (κ2) is 7.39. The Morgan fingerprint density at radius 2 is 2.24 bits per heavy atom. The van der Waals surface area contributed by atoms with Gasteiger partial charge in [0.15, 0.2) is 0 Å². The molecule has 0 unspecified atom stereocenters. The first-order valence-electron chi connectivity index (χ1n) is 7.77. The first-order chi connectivity index (χ1) is 12.0. The van der Waals surface area contributed by atoms with E-state index in [4.69, 9.17) is 0 Å². The van der Waals surface area contributed by atoms with Crippen LogP contribution in [0.25, 0.3) is 10.2 Å². The number of pyridine rings is 1. The number of nitrogens with zero attached hydrogens (tertiary/aromatic N) is 4. The van der Waals surface area contributed by atoms with Crippen molar-refractivity contribution in [1.82, 2.24) is 29.8 Å². The van der Waals surface area contributed by atoms with E-state index in [0.29, 0.717) is 18.7 Å². The van der Waals surface area contributed by atoms with Gasteiger partial charge in [-0.05, 0) is 30.6 Å². The lowest BCUT2D eigenvalue weighted by Gasteiger charge is -2.17. The molecule has 130 valence electrons. The number of H-pyrrole nitrogens is 1. The third-order valence-corrected chi connectivity index (χ3v) is 4.65. The molecule has 0 saturated heterocycles. The molecule has 3 aromatic heterocycles. The van der Waals surface area contributed by atoms with E-state index in [0.717, 1.165) is 21.6 Å². The highest BCUT2D eigenvalue weighted by molar-refractivity contribution is 7.12. The molecular weight excluding hydrogens is 340 g/mol. The summed E-state index contributed by atoms with van der Waals surface area (Å²) in [5.74, 6) is -0.254. The number of carbonyl (C=O) groups excluding carboxylic acids is 2. The smallest absolute Gasteiger partial charge is 0.255 e. The van der Waals surface area contributed by atoms with Crippen molar-refractivity contribution in [3.05, 3.63) is 41.5 Å². The number of rotatable bonds is 6.